The predicted molar refractivity (Wildman–Crippen MR) is 102 cm³/mol. The minimum Gasteiger partial charge on any atom is -0.376 e. The van der Waals surface area contributed by atoms with Crippen LogP contribution in [-0.2, 0) is 16.0 Å². The number of carbonyl (C=O) groups excluding carboxylic acids is 2. The summed E-state index contributed by atoms with van der Waals surface area (Å²) in [6, 6.07) is 14.7. The Balaban J connectivity index is 1.84. The maximum Gasteiger partial charge on any atom is 0.243 e. The van der Waals surface area contributed by atoms with Crippen LogP contribution in [-0.4, -0.2) is 37.4 Å². The lowest BCUT2D eigenvalue weighted by molar-refractivity contribution is -0.128. The van der Waals surface area contributed by atoms with E-state index in [2.05, 4.69) is 10.6 Å². The molecular weight excluding hydrogens is 338 g/mol. The number of halogens is 1. The van der Waals surface area contributed by atoms with E-state index in [1.807, 2.05) is 36.4 Å². The molecule has 2 rings (SSSR count). The van der Waals surface area contributed by atoms with E-state index in [0.29, 0.717) is 17.9 Å². The van der Waals surface area contributed by atoms with Crippen LogP contribution in [0.15, 0.2) is 48.5 Å². The fraction of sp³-hybridized carbons (Fsp3) is 0.263. The first-order valence-corrected chi connectivity index (χ1v) is 8.40. The van der Waals surface area contributed by atoms with Crippen molar-refractivity contribution in [3.05, 3.63) is 59.1 Å². The second kappa shape index (κ2) is 9.08. The number of anilines is 2. The van der Waals surface area contributed by atoms with Crippen LogP contribution in [0.3, 0.4) is 0 Å². The van der Waals surface area contributed by atoms with Gasteiger partial charge in [0.1, 0.15) is 0 Å². The van der Waals surface area contributed by atoms with Crippen LogP contribution in [0.5, 0.6) is 0 Å². The van der Waals surface area contributed by atoms with Crippen molar-refractivity contribution in [1.82, 2.24) is 4.90 Å². The number of amides is 2. The highest BCUT2D eigenvalue weighted by Crippen LogP contribution is 2.14. The number of hydrogen-bond donors (Lipinski definition) is 2. The zero-order chi connectivity index (χ0) is 18.2. The summed E-state index contributed by atoms with van der Waals surface area (Å²) in [4.78, 5) is 25.3. The van der Waals surface area contributed by atoms with Crippen molar-refractivity contribution in [2.45, 2.75) is 12.8 Å². The van der Waals surface area contributed by atoms with Gasteiger partial charge in [-0.25, -0.2) is 0 Å². The van der Waals surface area contributed by atoms with Gasteiger partial charge in [0.05, 0.1) is 6.54 Å². The van der Waals surface area contributed by atoms with E-state index in [-0.39, 0.29) is 18.4 Å². The maximum atomic E-state index is 12.1. The number of hydrogen-bond acceptors (Lipinski definition) is 3. The van der Waals surface area contributed by atoms with Crippen LogP contribution in [0.1, 0.15) is 12.0 Å². The first kappa shape index (κ1) is 18.8. The molecule has 2 aromatic carbocycles. The van der Waals surface area contributed by atoms with Crippen LogP contribution in [0.2, 0.25) is 5.02 Å². The van der Waals surface area contributed by atoms with Crippen LogP contribution in [0.25, 0.3) is 0 Å². The Morgan fingerprint density at radius 3 is 2.44 bits per heavy atom. The third-order valence-corrected chi connectivity index (χ3v) is 3.89. The molecule has 0 spiro atoms. The summed E-state index contributed by atoms with van der Waals surface area (Å²) < 4.78 is 0. The zero-order valence-electron chi connectivity index (χ0n) is 14.4. The minimum absolute atomic E-state index is 0.0848. The van der Waals surface area contributed by atoms with Crippen LogP contribution in [0.4, 0.5) is 11.4 Å². The van der Waals surface area contributed by atoms with E-state index in [1.165, 1.54) is 0 Å². The lowest BCUT2D eigenvalue weighted by Gasteiger charge is -2.11. The highest BCUT2D eigenvalue weighted by molar-refractivity contribution is 6.30. The van der Waals surface area contributed by atoms with Gasteiger partial charge in [0.15, 0.2) is 0 Å². The average molecular weight is 360 g/mol. The Morgan fingerprint density at radius 2 is 1.76 bits per heavy atom. The molecule has 5 nitrogen and oxygen atoms in total. The molecule has 0 unspecified atom stereocenters. The molecule has 0 fully saturated rings. The van der Waals surface area contributed by atoms with Gasteiger partial charge in [0.2, 0.25) is 11.8 Å². The van der Waals surface area contributed by atoms with Gasteiger partial charge >= 0.3 is 0 Å². The van der Waals surface area contributed by atoms with Gasteiger partial charge in [-0.1, -0.05) is 23.7 Å². The van der Waals surface area contributed by atoms with Crippen molar-refractivity contribution in [2.75, 3.05) is 31.3 Å². The quantitative estimate of drug-likeness (QED) is 0.796. The summed E-state index contributed by atoms with van der Waals surface area (Å²) in [5, 5.41) is 6.54. The van der Waals surface area contributed by atoms with Crippen LogP contribution < -0.4 is 10.6 Å². The smallest absolute Gasteiger partial charge is 0.243 e. The van der Waals surface area contributed by atoms with Crippen molar-refractivity contribution in [1.29, 1.82) is 0 Å². The fourth-order valence-electron chi connectivity index (χ4n) is 2.23. The van der Waals surface area contributed by atoms with E-state index in [9.17, 15) is 9.59 Å². The standard InChI is InChI=1S/C19H22ClN3O2/c1-23(2)19(25)11-6-14-4-3-5-17(12-14)22-18(24)13-21-16-9-7-15(20)8-10-16/h3-5,7-10,12,21H,6,11,13H2,1-2H3,(H,22,24). The van der Waals surface area contributed by atoms with E-state index in [1.54, 1.807) is 31.1 Å². The SMILES string of the molecule is CN(C)C(=O)CCc1cccc(NC(=O)CNc2ccc(Cl)cc2)c1. The van der Waals surface area contributed by atoms with Crippen LogP contribution in [0, 0.1) is 0 Å². The summed E-state index contributed by atoms with van der Waals surface area (Å²) in [5.41, 5.74) is 2.56. The number of nitrogens with zero attached hydrogens (tertiary/aromatic N) is 1. The van der Waals surface area contributed by atoms with Crippen molar-refractivity contribution in [2.24, 2.45) is 0 Å². The summed E-state index contributed by atoms with van der Waals surface area (Å²) in [5.74, 6) is -0.0573. The first-order chi connectivity index (χ1) is 11.9. The van der Waals surface area contributed by atoms with Gasteiger partial charge < -0.3 is 15.5 Å². The molecule has 2 aromatic rings. The van der Waals surface area contributed by atoms with E-state index in [4.69, 9.17) is 11.6 Å². The maximum absolute atomic E-state index is 12.1. The topological polar surface area (TPSA) is 61.4 Å². The molecule has 0 aliphatic rings. The Morgan fingerprint density at radius 1 is 1.04 bits per heavy atom. The highest BCUT2D eigenvalue weighted by Gasteiger charge is 2.06. The van der Waals surface area contributed by atoms with Gasteiger partial charge in [-0.2, -0.15) is 0 Å². The molecule has 2 N–H and O–H groups in total. The van der Waals surface area contributed by atoms with Gasteiger partial charge in [0, 0.05) is 36.9 Å². The Bertz CT molecular complexity index is 730. The molecule has 6 heteroatoms. The third kappa shape index (κ3) is 6.47. The fourth-order valence-corrected chi connectivity index (χ4v) is 2.36. The van der Waals surface area contributed by atoms with Crippen molar-refractivity contribution < 1.29 is 9.59 Å². The van der Waals surface area contributed by atoms with E-state index in [0.717, 1.165) is 16.9 Å². The number of aryl methyl sites for hydroxylation is 1. The molecule has 25 heavy (non-hydrogen) atoms. The molecule has 2 amide bonds. The molecule has 0 aromatic heterocycles. The number of benzene rings is 2. The van der Waals surface area contributed by atoms with Gasteiger partial charge in [-0.15, -0.1) is 0 Å². The molecule has 0 bridgehead atoms. The van der Waals surface area contributed by atoms with Gasteiger partial charge in [0.25, 0.3) is 0 Å². The number of carbonyl (C=O) groups is 2. The first-order valence-electron chi connectivity index (χ1n) is 8.02. The molecular formula is C19H22ClN3O2. The monoisotopic (exact) mass is 359 g/mol. The molecule has 0 aliphatic heterocycles. The van der Waals surface area contributed by atoms with Crippen LogP contribution >= 0.6 is 11.6 Å². The van der Waals surface area contributed by atoms with Gasteiger partial charge in [-0.3, -0.25) is 9.59 Å². The minimum atomic E-state index is -0.142. The molecule has 0 saturated heterocycles. The summed E-state index contributed by atoms with van der Waals surface area (Å²) in [6.45, 7) is 0.158. The Hall–Kier alpha value is -2.53. The zero-order valence-corrected chi connectivity index (χ0v) is 15.1. The second-order valence-electron chi connectivity index (χ2n) is 5.90. The molecule has 132 valence electrons. The summed E-state index contributed by atoms with van der Waals surface area (Å²) >= 11 is 5.83. The third-order valence-electron chi connectivity index (χ3n) is 3.63. The predicted octanol–water partition coefficient (Wildman–Crippen LogP) is 3.41. The summed E-state index contributed by atoms with van der Waals surface area (Å²) in [7, 11) is 3.49. The van der Waals surface area contributed by atoms with Gasteiger partial charge in [-0.05, 0) is 48.4 Å². The van der Waals surface area contributed by atoms with Crippen molar-refractivity contribution in [3.63, 3.8) is 0 Å². The molecule has 0 aliphatic carbocycles. The number of nitrogens with one attached hydrogen (secondary N) is 2. The summed E-state index contributed by atoms with van der Waals surface area (Å²) in [6.07, 6.45) is 1.09. The Kier molecular flexibility index (Phi) is 6.83. The molecule has 0 saturated carbocycles. The molecule has 0 atom stereocenters. The lowest BCUT2D eigenvalue weighted by Crippen LogP contribution is -2.22. The highest BCUT2D eigenvalue weighted by atomic mass is 35.5. The van der Waals surface area contributed by atoms with Crippen molar-refractivity contribution >= 4 is 34.8 Å². The lowest BCUT2D eigenvalue weighted by atomic mass is 10.1. The number of rotatable bonds is 7. The average Bonchev–Trinajstić information content (AvgIpc) is 2.59. The second-order valence-corrected chi connectivity index (χ2v) is 6.33. The van der Waals surface area contributed by atoms with E-state index >= 15 is 0 Å². The molecule has 0 radical (unpaired) electrons. The van der Waals surface area contributed by atoms with Crippen molar-refractivity contribution in [3.8, 4) is 0 Å². The van der Waals surface area contributed by atoms with E-state index < -0.39 is 0 Å². The molecule has 0 heterocycles. The normalized spacial score (nSPS) is 10.2. The largest absolute Gasteiger partial charge is 0.376 e. The Labute approximate surface area is 153 Å².